The van der Waals surface area contributed by atoms with Crippen LogP contribution in [0.3, 0.4) is 0 Å². The minimum Gasteiger partial charge on any atom is -0.294 e. The number of hydrogen-bond donors (Lipinski definition) is 0. The fourth-order valence-electron chi connectivity index (χ4n) is 1.72. The number of carbonyl (C=O) groups excluding carboxylic acids is 1. The van der Waals surface area contributed by atoms with Crippen molar-refractivity contribution in [1.82, 2.24) is 0 Å². The lowest BCUT2D eigenvalue weighted by Gasteiger charge is -2.29. The van der Waals surface area contributed by atoms with E-state index >= 15 is 0 Å². The molecule has 0 aromatic heterocycles. The van der Waals surface area contributed by atoms with Gasteiger partial charge >= 0.3 is 0 Å². The van der Waals surface area contributed by atoms with Gasteiger partial charge in [-0.15, -0.1) is 0 Å². The average Bonchev–Trinajstić information content (AvgIpc) is 2.20. The van der Waals surface area contributed by atoms with Gasteiger partial charge in [-0.1, -0.05) is 33.4 Å². The third kappa shape index (κ3) is 2.44. The quantitative estimate of drug-likeness (QED) is 0.650. The van der Waals surface area contributed by atoms with Crippen LogP contribution in [0.4, 0.5) is 0 Å². The van der Waals surface area contributed by atoms with Crippen molar-refractivity contribution in [3.8, 4) is 0 Å². The van der Waals surface area contributed by atoms with Gasteiger partial charge in [0, 0.05) is 17.2 Å². The summed E-state index contributed by atoms with van der Waals surface area (Å²) < 4.78 is 0. The molecule has 0 unspecified atom stereocenters. The average molecular weight is 205 g/mol. The molecule has 0 saturated heterocycles. The monoisotopic (exact) mass is 205 g/mol. The molecule has 0 amide bonds. The van der Waals surface area contributed by atoms with Crippen molar-refractivity contribution < 1.29 is 4.79 Å². The van der Waals surface area contributed by atoms with Crippen LogP contribution in [-0.4, -0.2) is 12.0 Å². The van der Waals surface area contributed by atoms with Gasteiger partial charge in [-0.2, -0.15) is 0 Å². The van der Waals surface area contributed by atoms with Crippen LogP contribution in [0.1, 0.15) is 40.0 Å². The molecule has 1 aliphatic rings. The maximum atomic E-state index is 12.0. The zero-order chi connectivity index (χ0) is 11.5. The number of hydrogen-bond acceptors (Lipinski definition) is 2. The fourth-order valence-corrected chi connectivity index (χ4v) is 1.72. The Hall–Kier alpha value is -1.18. The Labute approximate surface area is 91.8 Å². The van der Waals surface area contributed by atoms with Crippen LogP contribution in [0.25, 0.3) is 0 Å². The highest BCUT2D eigenvalue weighted by atomic mass is 16.1. The predicted octanol–water partition coefficient (Wildman–Crippen LogP) is 3.30. The minimum absolute atomic E-state index is 0.173. The van der Waals surface area contributed by atoms with E-state index < -0.39 is 0 Å². The number of rotatable bonds is 3. The lowest BCUT2D eigenvalue weighted by Crippen LogP contribution is -2.29. The molecule has 0 heterocycles. The van der Waals surface area contributed by atoms with E-state index in [0.717, 1.165) is 25.0 Å². The van der Waals surface area contributed by atoms with Crippen molar-refractivity contribution >= 4 is 12.0 Å². The highest BCUT2D eigenvalue weighted by molar-refractivity contribution is 6.03. The first-order valence-electron chi connectivity index (χ1n) is 5.46. The van der Waals surface area contributed by atoms with E-state index in [0.29, 0.717) is 5.57 Å². The number of allylic oxidation sites excluding steroid dienone is 3. The van der Waals surface area contributed by atoms with Crippen LogP contribution in [0.15, 0.2) is 28.9 Å². The van der Waals surface area contributed by atoms with Gasteiger partial charge in [-0.05, 0) is 19.3 Å². The molecular formula is C13H19NO. The van der Waals surface area contributed by atoms with Crippen molar-refractivity contribution in [3.05, 3.63) is 23.9 Å². The molecule has 2 nitrogen and oxygen atoms in total. The number of aliphatic imine (C=N–C) groups is 1. The largest absolute Gasteiger partial charge is 0.294 e. The number of carbonyl (C=O) groups is 1. The SMILES string of the molecule is C=CC1=C(N=CCC)CCC(C)(C)C1=O. The number of ketones is 1. The maximum Gasteiger partial charge on any atom is 0.170 e. The molecule has 0 radical (unpaired) electrons. The zero-order valence-electron chi connectivity index (χ0n) is 9.84. The second-order valence-electron chi connectivity index (χ2n) is 4.50. The van der Waals surface area contributed by atoms with E-state index in [1.54, 1.807) is 6.08 Å². The van der Waals surface area contributed by atoms with E-state index in [1.165, 1.54) is 0 Å². The predicted molar refractivity (Wildman–Crippen MR) is 64.0 cm³/mol. The molecule has 1 rings (SSSR count). The molecule has 0 aromatic carbocycles. The highest BCUT2D eigenvalue weighted by Crippen LogP contribution is 2.36. The van der Waals surface area contributed by atoms with Gasteiger partial charge < -0.3 is 0 Å². The van der Waals surface area contributed by atoms with E-state index in [9.17, 15) is 4.79 Å². The summed E-state index contributed by atoms with van der Waals surface area (Å²) in [4.78, 5) is 16.4. The molecule has 15 heavy (non-hydrogen) atoms. The molecule has 0 saturated carbocycles. The molecular weight excluding hydrogens is 186 g/mol. The molecule has 0 spiro atoms. The third-order valence-corrected chi connectivity index (χ3v) is 2.79. The van der Waals surface area contributed by atoms with Crippen LogP contribution in [0.5, 0.6) is 0 Å². The first kappa shape index (κ1) is 11.9. The summed E-state index contributed by atoms with van der Waals surface area (Å²) in [5.41, 5.74) is 1.35. The summed E-state index contributed by atoms with van der Waals surface area (Å²) in [5.74, 6) is 0.173. The highest BCUT2D eigenvalue weighted by Gasteiger charge is 2.34. The fraction of sp³-hybridized carbons (Fsp3) is 0.538. The van der Waals surface area contributed by atoms with Crippen molar-refractivity contribution in [2.75, 3.05) is 0 Å². The molecule has 0 atom stereocenters. The van der Waals surface area contributed by atoms with E-state index in [1.807, 2.05) is 27.0 Å². The standard InChI is InChI=1S/C13H19NO/c1-5-9-14-11-7-8-13(3,4)12(15)10(11)6-2/h6,9H,2,5,7-8H2,1,3-4H3. The summed E-state index contributed by atoms with van der Waals surface area (Å²) in [6.07, 6.45) is 6.14. The molecule has 2 heteroatoms. The topological polar surface area (TPSA) is 29.4 Å². The van der Waals surface area contributed by atoms with Crippen LogP contribution in [0, 0.1) is 5.41 Å². The Morgan fingerprint density at radius 1 is 1.53 bits per heavy atom. The molecule has 0 aromatic rings. The first-order chi connectivity index (χ1) is 7.03. The lowest BCUT2D eigenvalue weighted by molar-refractivity contribution is -0.123. The second-order valence-corrected chi connectivity index (χ2v) is 4.50. The molecule has 0 bridgehead atoms. The maximum absolute atomic E-state index is 12.0. The van der Waals surface area contributed by atoms with Crippen molar-refractivity contribution in [1.29, 1.82) is 0 Å². The van der Waals surface area contributed by atoms with Crippen molar-refractivity contribution in [2.24, 2.45) is 10.4 Å². The molecule has 1 aliphatic carbocycles. The second kappa shape index (κ2) is 4.56. The normalized spacial score (nSPS) is 21.1. The van der Waals surface area contributed by atoms with Crippen molar-refractivity contribution in [3.63, 3.8) is 0 Å². The van der Waals surface area contributed by atoms with Crippen molar-refractivity contribution in [2.45, 2.75) is 40.0 Å². The Kier molecular flexibility index (Phi) is 3.61. The van der Waals surface area contributed by atoms with Gasteiger partial charge in [0.1, 0.15) is 0 Å². The molecule has 0 fully saturated rings. The Bertz CT molecular complexity index is 334. The lowest BCUT2D eigenvalue weighted by atomic mass is 9.75. The van der Waals surface area contributed by atoms with Crippen LogP contribution < -0.4 is 0 Å². The Morgan fingerprint density at radius 2 is 2.20 bits per heavy atom. The van der Waals surface area contributed by atoms with Gasteiger partial charge in [0.15, 0.2) is 5.78 Å². The summed E-state index contributed by atoms with van der Waals surface area (Å²) in [6.45, 7) is 9.71. The van der Waals surface area contributed by atoms with Gasteiger partial charge in [0.25, 0.3) is 0 Å². The van der Waals surface area contributed by atoms with Crippen LogP contribution in [0.2, 0.25) is 0 Å². The van der Waals surface area contributed by atoms with E-state index in [-0.39, 0.29) is 11.2 Å². The van der Waals surface area contributed by atoms with Gasteiger partial charge in [-0.25, -0.2) is 0 Å². The zero-order valence-corrected chi connectivity index (χ0v) is 9.84. The Morgan fingerprint density at radius 3 is 2.73 bits per heavy atom. The smallest absolute Gasteiger partial charge is 0.170 e. The molecule has 0 N–H and O–H groups in total. The van der Waals surface area contributed by atoms with Crippen LogP contribution in [-0.2, 0) is 4.79 Å². The van der Waals surface area contributed by atoms with E-state index in [4.69, 9.17) is 0 Å². The molecule has 0 aliphatic heterocycles. The van der Waals surface area contributed by atoms with E-state index in [2.05, 4.69) is 11.6 Å². The molecule has 82 valence electrons. The Balaban J connectivity index is 3.08. The van der Waals surface area contributed by atoms with Crippen LogP contribution >= 0.6 is 0 Å². The number of Topliss-reactive ketones (excluding diaryl/α,β-unsaturated/α-hetero) is 1. The third-order valence-electron chi connectivity index (χ3n) is 2.79. The number of nitrogens with zero attached hydrogens (tertiary/aromatic N) is 1. The van der Waals surface area contributed by atoms with Gasteiger partial charge in [0.2, 0.25) is 0 Å². The summed E-state index contributed by atoms with van der Waals surface area (Å²) in [5, 5.41) is 0. The van der Waals surface area contributed by atoms with Gasteiger partial charge in [-0.3, -0.25) is 9.79 Å². The summed E-state index contributed by atoms with van der Waals surface area (Å²) in [6, 6.07) is 0. The summed E-state index contributed by atoms with van der Waals surface area (Å²) in [7, 11) is 0. The summed E-state index contributed by atoms with van der Waals surface area (Å²) >= 11 is 0. The minimum atomic E-state index is -0.255. The van der Waals surface area contributed by atoms with Gasteiger partial charge in [0.05, 0.1) is 5.70 Å². The first-order valence-corrected chi connectivity index (χ1v) is 5.46.